The van der Waals surface area contributed by atoms with Crippen molar-refractivity contribution in [1.29, 1.82) is 0 Å². The number of nitrogens with one attached hydrogen (secondary N) is 1. The predicted molar refractivity (Wildman–Crippen MR) is 96.5 cm³/mol. The van der Waals surface area contributed by atoms with E-state index in [9.17, 15) is 4.79 Å². The second-order valence-electron chi connectivity index (χ2n) is 5.74. The van der Waals surface area contributed by atoms with E-state index in [0.717, 1.165) is 17.0 Å². The first-order chi connectivity index (χ1) is 12.1. The van der Waals surface area contributed by atoms with Crippen LogP contribution in [-0.2, 0) is 6.54 Å². The van der Waals surface area contributed by atoms with E-state index in [4.69, 9.17) is 0 Å². The van der Waals surface area contributed by atoms with E-state index in [1.165, 1.54) is 6.21 Å². The molecule has 0 atom stereocenters. The molecule has 2 heterocycles. The monoisotopic (exact) mass is 333 g/mol. The quantitative estimate of drug-likeness (QED) is 0.576. The van der Waals surface area contributed by atoms with Gasteiger partial charge in [0.2, 0.25) is 0 Å². The minimum atomic E-state index is -0.262. The van der Waals surface area contributed by atoms with Crippen LogP contribution in [0.1, 0.15) is 33.0 Å². The highest BCUT2D eigenvalue weighted by molar-refractivity contribution is 5.94. The molecule has 1 aromatic carbocycles. The fourth-order valence-electron chi connectivity index (χ4n) is 2.49. The Kier molecular flexibility index (Phi) is 4.99. The Morgan fingerprint density at radius 3 is 2.80 bits per heavy atom. The van der Waals surface area contributed by atoms with Crippen LogP contribution in [0.5, 0.6) is 0 Å². The molecule has 0 saturated carbocycles. The third-order valence-electron chi connectivity index (χ3n) is 3.68. The molecule has 3 aromatic rings. The van der Waals surface area contributed by atoms with Crippen molar-refractivity contribution < 1.29 is 4.79 Å². The molecule has 6 heteroatoms. The maximum Gasteiger partial charge on any atom is 0.271 e. The van der Waals surface area contributed by atoms with E-state index in [1.54, 1.807) is 12.3 Å². The van der Waals surface area contributed by atoms with Crippen LogP contribution in [0.25, 0.3) is 0 Å². The highest BCUT2D eigenvalue weighted by atomic mass is 16.2. The zero-order valence-electron chi connectivity index (χ0n) is 14.2. The fourth-order valence-corrected chi connectivity index (χ4v) is 2.49. The van der Waals surface area contributed by atoms with Crippen molar-refractivity contribution in [2.45, 2.75) is 20.4 Å². The highest BCUT2D eigenvalue weighted by Crippen LogP contribution is 2.10. The Morgan fingerprint density at radius 1 is 1.20 bits per heavy atom. The van der Waals surface area contributed by atoms with Crippen LogP contribution in [0.2, 0.25) is 0 Å². The van der Waals surface area contributed by atoms with Gasteiger partial charge in [-0.15, -0.1) is 0 Å². The molecule has 2 aromatic heterocycles. The summed E-state index contributed by atoms with van der Waals surface area (Å²) in [5.74, 6) is -0.262. The lowest BCUT2D eigenvalue weighted by molar-refractivity contribution is 0.0955. The SMILES string of the molecule is Cc1cc(C)n(Cc2cccc(C(=O)N/N=C/c3ccccn3)c2)n1. The van der Waals surface area contributed by atoms with Gasteiger partial charge >= 0.3 is 0 Å². The van der Waals surface area contributed by atoms with Crippen LogP contribution in [-0.4, -0.2) is 26.9 Å². The van der Waals surface area contributed by atoms with Gasteiger partial charge in [0.25, 0.3) is 5.91 Å². The Labute approximate surface area is 146 Å². The summed E-state index contributed by atoms with van der Waals surface area (Å²) in [5.41, 5.74) is 6.84. The normalized spacial score (nSPS) is 11.0. The maximum absolute atomic E-state index is 12.2. The van der Waals surface area contributed by atoms with Gasteiger partial charge in [-0.2, -0.15) is 10.2 Å². The van der Waals surface area contributed by atoms with Gasteiger partial charge in [0.15, 0.2) is 0 Å². The number of benzene rings is 1. The minimum Gasteiger partial charge on any atom is -0.267 e. The van der Waals surface area contributed by atoms with Crippen LogP contribution in [0, 0.1) is 13.8 Å². The van der Waals surface area contributed by atoms with E-state index >= 15 is 0 Å². The van der Waals surface area contributed by atoms with Gasteiger partial charge in [0, 0.05) is 17.5 Å². The molecule has 3 rings (SSSR count). The summed E-state index contributed by atoms with van der Waals surface area (Å²) in [7, 11) is 0. The molecule has 1 N–H and O–H groups in total. The molecule has 0 spiro atoms. The lowest BCUT2D eigenvalue weighted by Gasteiger charge is -2.06. The number of carbonyl (C=O) groups excluding carboxylic acids is 1. The third kappa shape index (κ3) is 4.38. The van der Waals surface area contributed by atoms with E-state index in [1.807, 2.05) is 61.0 Å². The lowest BCUT2D eigenvalue weighted by atomic mass is 10.1. The van der Waals surface area contributed by atoms with Gasteiger partial charge in [0.1, 0.15) is 0 Å². The summed E-state index contributed by atoms with van der Waals surface area (Å²) < 4.78 is 1.92. The molecule has 6 nitrogen and oxygen atoms in total. The van der Waals surface area contributed by atoms with Crippen LogP contribution in [0.3, 0.4) is 0 Å². The van der Waals surface area contributed by atoms with Gasteiger partial charge in [-0.25, -0.2) is 5.43 Å². The van der Waals surface area contributed by atoms with Crippen molar-refractivity contribution in [2.24, 2.45) is 5.10 Å². The predicted octanol–water partition coefficient (Wildman–Crippen LogP) is 2.71. The Hall–Kier alpha value is -3.28. The topological polar surface area (TPSA) is 72.2 Å². The van der Waals surface area contributed by atoms with E-state index in [-0.39, 0.29) is 5.91 Å². The second kappa shape index (κ2) is 7.53. The average Bonchev–Trinajstić information content (AvgIpc) is 2.93. The van der Waals surface area contributed by atoms with Crippen molar-refractivity contribution in [3.8, 4) is 0 Å². The van der Waals surface area contributed by atoms with Crippen molar-refractivity contribution in [3.05, 3.63) is 82.9 Å². The van der Waals surface area contributed by atoms with E-state index in [0.29, 0.717) is 17.8 Å². The summed E-state index contributed by atoms with van der Waals surface area (Å²) in [6, 6.07) is 15.0. The summed E-state index contributed by atoms with van der Waals surface area (Å²) in [5, 5.41) is 8.39. The second-order valence-corrected chi connectivity index (χ2v) is 5.74. The number of carbonyl (C=O) groups is 1. The van der Waals surface area contributed by atoms with Gasteiger partial charge in [0.05, 0.1) is 24.1 Å². The fraction of sp³-hybridized carbons (Fsp3) is 0.158. The van der Waals surface area contributed by atoms with Gasteiger partial charge in [-0.3, -0.25) is 14.5 Å². The molecule has 0 aliphatic heterocycles. The number of amides is 1. The molecule has 0 bridgehead atoms. The number of hydrogen-bond donors (Lipinski definition) is 1. The largest absolute Gasteiger partial charge is 0.271 e. The summed E-state index contributed by atoms with van der Waals surface area (Å²) in [6.07, 6.45) is 3.18. The summed E-state index contributed by atoms with van der Waals surface area (Å²) in [4.78, 5) is 16.4. The molecular formula is C19H19N5O. The number of hydrazone groups is 1. The molecule has 0 radical (unpaired) electrons. The standard InChI is InChI=1S/C19H19N5O/c1-14-10-15(2)24(23-14)13-16-6-5-7-17(11-16)19(25)22-21-12-18-8-3-4-9-20-18/h3-12H,13H2,1-2H3,(H,22,25)/b21-12+. The summed E-state index contributed by atoms with van der Waals surface area (Å²) >= 11 is 0. The van der Waals surface area contributed by atoms with Crippen LogP contribution < -0.4 is 5.43 Å². The summed E-state index contributed by atoms with van der Waals surface area (Å²) in [6.45, 7) is 4.61. The lowest BCUT2D eigenvalue weighted by Crippen LogP contribution is -2.18. The van der Waals surface area contributed by atoms with Crippen LogP contribution >= 0.6 is 0 Å². The van der Waals surface area contributed by atoms with Crippen molar-refractivity contribution in [2.75, 3.05) is 0 Å². The number of hydrogen-bond acceptors (Lipinski definition) is 4. The number of nitrogens with zero attached hydrogens (tertiary/aromatic N) is 4. The molecule has 126 valence electrons. The smallest absolute Gasteiger partial charge is 0.267 e. The van der Waals surface area contributed by atoms with Gasteiger partial charge < -0.3 is 0 Å². The Balaban J connectivity index is 1.67. The van der Waals surface area contributed by atoms with E-state index in [2.05, 4.69) is 20.6 Å². The molecule has 0 saturated heterocycles. The highest BCUT2D eigenvalue weighted by Gasteiger charge is 2.07. The first kappa shape index (κ1) is 16.6. The van der Waals surface area contributed by atoms with Crippen molar-refractivity contribution in [1.82, 2.24) is 20.2 Å². The number of aryl methyl sites for hydroxylation is 2. The first-order valence-corrected chi connectivity index (χ1v) is 7.96. The number of aromatic nitrogens is 3. The Bertz CT molecular complexity index is 899. The average molecular weight is 333 g/mol. The van der Waals surface area contributed by atoms with Crippen LogP contribution in [0.15, 0.2) is 59.8 Å². The van der Waals surface area contributed by atoms with Gasteiger partial charge in [-0.05, 0) is 49.7 Å². The number of pyridine rings is 1. The molecular weight excluding hydrogens is 314 g/mol. The molecule has 0 aliphatic carbocycles. The number of rotatable bonds is 5. The maximum atomic E-state index is 12.2. The van der Waals surface area contributed by atoms with Gasteiger partial charge in [-0.1, -0.05) is 18.2 Å². The van der Waals surface area contributed by atoms with Crippen LogP contribution in [0.4, 0.5) is 0 Å². The molecule has 1 amide bonds. The third-order valence-corrected chi connectivity index (χ3v) is 3.68. The molecule has 0 unspecified atom stereocenters. The first-order valence-electron chi connectivity index (χ1n) is 7.96. The Morgan fingerprint density at radius 2 is 2.08 bits per heavy atom. The molecule has 0 fully saturated rings. The zero-order valence-corrected chi connectivity index (χ0v) is 14.2. The van der Waals surface area contributed by atoms with E-state index < -0.39 is 0 Å². The molecule has 25 heavy (non-hydrogen) atoms. The minimum absolute atomic E-state index is 0.262. The molecule has 0 aliphatic rings. The van der Waals surface area contributed by atoms with Crippen molar-refractivity contribution in [3.63, 3.8) is 0 Å². The zero-order chi connectivity index (χ0) is 17.6. The van der Waals surface area contributed by atoms with Crippen molar-refractivity contribution >= 4 is 12.1 Å².